The van der Waals surface area contributed by atoms with Crippen molar-refractivity contribution in [2.45, 2.75) is 18.1 Å². The largest absolute Gasteiger partial charge is 0.502 e. The molecule has 0 aliphatic heterocycles. The molecule has 0 amide bonds. The number of rotatable bonds is 11. The third kappa shape index (κ3) is 5.06. The molecular formula is C10H27NO5Si2. The quantitative estimate of drug-likeness (QED) is 0.448. The van der Waals surface area contributed by atoms with Crippen LogP contribution in [0.15, 0.2) is 0 Å². The van der Waals surface area contributed by atoms with E-state index in [1.807, 2.05) is 7.05 Å². The van der Waals surface area contributed by atoms with Crippen molar-refractivity contribution in [3.05, 3.63) is 0 Å². The zero-order chi connectivity index (χ0) is 14.1. The summed E-state index contributed by atoms with van der Waals surface area (Å²) in [5, 5.41) is 3.12. The maximum atomic E-state index is 5.68. The standard InChI is InChI=1S/C10H27NO5Si2/c1-11-8-7-9-17(12-2,13-3)10-18(14-4,15-5)16-6/h11H,7-10H2,1-6H3. The molecule has 0 aromatic rings. The summed E-state index contributed by atoms with van der Waals surface area (Å²) in [5.41, 5.74) is 0.597. The second kappa shape index (κ2) is 9.15. The summed E-state index contributed by atoms with van der Waals surface area (Å²) >= 11 is 0. The zero-order valence-electron chi connectivity index (χ0n) is 12.4. The van der Waals surface area contributed by atoms with Crippen molar-refractivity contribution in [3.63, 3.8) is 0 Å². The van der Waals surface area contributed by atoms with E-state index in [2.05, 4.69) is 5.32 Å². The van der Waals surface area contributed by atoms with E-state index in [0.29, 0.717) is 5.67 Å². The van der Waals surface area contributed by atoms with Crippen molar-refractivity contribution in [1.29, 1.82) is 0 Å². The summed E-state index contributed by atoms with van der Waals surface area (Å²) in [7, 11) is 5.14. The van der Waals surface area contributed by atoms with Crippen LogP contribution in [-0.4, -0.2) is 66.5 Å². The van der Waals surface area contributed by atoms with Crippen LogP contribution in [0.25, 0.3) is 0 Å². The molecule has 0 saturated heterocycles. The van der Waals surface area contributed by atoms with E-state index in [1.54, 1.807) is 35.5 Å². The third-order valence-corrected chi connectivity index (χ3v) is 11.5. The van der Waals surface area contributed by atoms with Gasteiger partial charge in [0, 0.05) is 35.5 Å². The minimum Gasteiger partial charge on any atom is -0.398 e. The van der Waals surface area contributed by atoms with Crippen LogP contribution in [0, 0.1) is 0 Å². The Hall–Kier alpha value is 0.194. The van der Waals surface area contributed by atoms with Gasteiger partial charge in [-0.25, -0.2) is 0 Å². The van der Waals surface area contributed by atoms with Gasteiger partial charge < -0.3 is 27.4 Å². The lowest BCUT2D eigenvalue weighted by Crippen LogP contribution is -2.54. The Morgan fingerprint density at radius 3 is 1.67 bits per heavy atom. The van der Waals surface area contributed by atoms with E-state index < -0.39 is 17.4 Å². The topological polar surface area (TPSA) is 58.2 Å². The van der Waals surface area contributed by atoms with Gasteiger partial charge >= 0.3 is 17.4 Å². The monoisotopic (exact) mass is 297 g/mol. The predicted molar refractivity (Wildman–Crippen MR) is 74.7 cm³/mol. The highest BCUT2D eigenvalue weighted by Gasteiger charge is 2.51. The average Bonchev–Trinajstić information content (AvgIpc) is 2.44. The fraction of sp³-hybridized carbons (Fsp3) is 1.00. The minimum absolute atomic E-state index is 0.597. The number of hydrogen-bond donors (Lipinski definition) is 1. The van der Waals surface area contributed by atoms with Gasteiger partial charge in [0.15, 0.2) is 0 Å². The molecule has 0 aromatic heterocycles. The Morgan fingerprint density at radius 1 is 0.833 bits per heavy atom. The van der Waals surface area contributed by atoms with Crippen molar-refractivity contribution < 1.29 is 22.1 Å². The van der Waals surface area contributed by atoms with E-state index in [9.17, 15) is 0 Å². The fourth-order valence-electron chi connectivity index (χ4n) is 1.85. The highest BCUT2D eigenvalue weighted by molar-refractivity contribution is 6.83. The number of hydrogen-bond acceptors (Lipinski definition) is 6. The average molecular weight is 298 g/mol. The molecule has 0 unspecified atom stereocenters. The summed E-state index contributed by atoms with van der Waals surface area (Å²) in [4.78, 5) is 0. The van der Waals surface area contributed by atoms with Gasteiger partial charge in [-0.15, -0.1) is 0 Å². The minimum atomic E-state index is -2.66. The smallest absolute Gasteiger partial charge is 0.398 e. The summed E-state index contributed by atoms with van der Waals surface area (Å²) < 4.78 is 27.7. The van der Waals surface area contributed by atoms with Crippen molar-refractivity contribution in [3.8, 4) is 0 Å². The fourth-order valence-corrected chi connectivity index (χ4v) is 9.87. The Labute approximate surface area is 113 Å². The van der Waals surface area contributed by atoms with Crippen molar-refractivity contribution in [2.24, 2.45) is 0 Å². The van der Waals surface area contributed by atoms with E-state index >= 15 is 0 Å². The van der Waals surface area contributed by atoms with Crippen molar-refractivity contribution >= 4 is 17.4 Å². The number of nitrogens with one attached hydrogen (secondary N) is 1. The molecule has 0 fully saturated rings. The van der Waals surface area contributed by atoms with Crippen molar-refractivity contribution in [2.75, 3.05) is 49.1 Å². The first-order chi connectivity index (χ1) is 8.57. The van der Waals surface area contributed by atoms with Gasteiger partial charge in [-0.05, 0) is 26.1 Å². The van der Waals surface area contributed by atoms with Crippen LogP contribution >= 0.6 is 0 Å². The van der Waals surface area contributed by atoms with Crippen LogP contribution in [-0.2, 0) is 22.1 Å². The maximum absolute atomic E-state index is 5.68. The van der Waals surface area contributed by atoms with Crippen molar-refractivity contribution in [1.82, 2.24) is 5.32 Å². The molecule has 0 atom stereocenters. The predicted octanol–water partition coefficient (Wildman–Crippen LogP) is 0.748. The molecule has 1 N–H and O–H groups in total. The molecule has 0 radical (unpaired) electrons. The Morgan fingerprint density at radius 2 is 1.33 bits per heavy atom. The Kier molecular flexibility index (Phi) is 9.25. The highest BCUT2D eigenvalue weighted by Crippen LogP contribution is 2.27. The van der Waals surface area contributed by atoms with Gasteiger partial charge in [-0.1, -0.05) is 0 Å². The Balaban J connectivity index is 4.75. The molecule has 0 spiro atoms. The van der Waals surface area contributed by atoms with Gasteiger partial charge in [-0.3, -0.25) is 0 Å². The molecular weight excluding hydrogens is 270 g/mol. The molecule has 0 saturated carbocycles. The summed E-state index contributed by atoms with van der Waals surface area (Å²) in [6.07, 6.45) is 0.992. The summed E-state index contributed by atoms with van der Waals surface area (Å²) in [6.45, 7) is 0.934. The first kappa shape index (κ1) is 18.2. The maximum Gasteiger partial charge on any atom is 0.502 e. The van der Waals surface area contributed by atoms with Gasteiger partial charge in [0.1, 0.15) is 0 Å². The van der Waals surface area contributed by atoms with Crippen LogP contribution in [0.1, 0.15) is 6.42 Å². The first-order valence-electron chi connectivity index (χ1n) is 5.98. The molecule has 6 nitrogen and oxygen atoms in total. The normalized spacial score (nSPS) is 13.0. The van der Waals surface area contributed by atoms with Crippen LogP contribution in [0.2, 0.25) is 11.7 Å². The Bertz CT molecular complexity index is 204. The van der Waals surface area contributed by atoms with Crippen LogP contribution in [0.5, 0.6) is 0 Å². The zero-order valence-corrected chi connectivity index (χ0v) is 14.4. The van der Waals surface area contributed by atoms with Gasteiger partial charge in [-0.2, -0.15) is 0 Å². The molecule has 0 aromatic carbocycles. The molecule has 0 aliphatic carbocycles. The first-order valence-corrected chi connectivity index (χ1v) is 10.1. The van der Waals surface area contributed by atoms with Crippen LogP contribution in [0.4, 0.5) is 0 Å². The SMILES string of the molecule is CNCCC[Si](C[Si](OC)(OC)OC)(OC)OC. The second-order valence-corrected chi connectivity index (χ2v) is 11.1. The highest BCUT2D eigenvalue weighted by atomic mass is 28.4. The lowest BCUT2D eigenvalue weighted by atomic mass is 10.5. The molecule has 110 valence electrons. The lowest BCUT2D eigenvalue weighted by Gasteiger charge is -2.34. The lowest BCUT2D eigenvalue weighted by molar-refractivity contribution is 0.122. The molecule has 0 rings (SSSR count). The van der Waals surface area contributed by atoms with Gasteiger partial charge in [0.25, 0.3) is 0 Å². The summed E-state index contributed by atoms with van der Waals surface area (Å²) in [6, 6.07) is 0.881. The van der Waals surface area contributed by atoms with Gasteiger partial charge in [0.2, 0.25) is 0 Å². The molecule has 18 heavy (non-hydrogen) atoms. The van der Waals surface area contributed by atoms with Gasteiger partial charge in [0.05, 0.1) is 5.67 Å². The summed E-state index contributed by atoms with van der Waals surface area (Å²) in [5.74, 6) is 0. The molecule has 0 aliphatic rings. The third-order valence-electron chi connectivity index (χ3n) is 3.15. The van der Waals surface area contributed by atoms with E-state index in [-0.39, 0.29) is 0 Å². The molecule has 0 bridgehead atoms. The molecule has 0 heterocycles. The van der Waals surface area contributed by atoms with Crippen LogP contribution < -0.4 is 5.32 Å². The molecule has 8 heteroatoms. The van der Waals surface area contributed by atoms with E-state index in [4.69, 9.17) is 22.1 Å². The van der Waals surface area contributed by atoms with E-state index in [1.165, 1.54) is 0 Å². The second-order valence-electron chi connectivity index (χ2n) is 4.00. The van der Waals surface area contributed by atoms with E-state index in [0.717, 1.165) is 19.0 Å². The van der Waals surface area contributed by atoms with Crippen LogP contribution in [0.3, 0.4) is 0 Å².